The summed E-state index contributed by atoms with van der Waals surface area (Å²) in [6, 6.07) is 12.9. The molecule has 0 fully saturated rings. The number of para-hydroxylation sites is 1. The Balaban J connectivity index is 1.80. The third-order valence-corrected chi connectivity index (χ3v) is 4.15. The van der Waals surface area contributed by atoms with Crippen LogP contribution in [0, 0.1) is 11.3 Å². The number of carbonyl (C=O) groups is 2. The highest BCUT2D eigenvalue weighted by atomic mass is 79.9. The second kappa shape index (κ2) is 10.4. The molecule has 0 spiro atoms. The van der Waals surface area contributed by atoms with Crippen LogP contribution in [0.1, 0.15) is 12.2 Å². The number of nitrogens with one attached hydrogen (secondary N) is 2. The van der Waals surface area contributed by atoms with E-state index in [2.05, 4.69) is 32.6 Å². The Morgan fingerprint density at radius 2 is 2.00 bits per heavy atom. The van der Waals surface area contributed by atoms with Crippen molar-refractivity contribution < 1.29 is 14.0 Å². The Hall–Kier alpha value is -2.63. The van der Waals surface area contributed by atoms with Gasteiger partial charge in [-0.1, -0.05) is 12.1 Å². The Morgan fingerprint density at radius 1 is 1.19 bits per heavy atom. The van der Waals surface area contributed by atoms with Crippen LogP contribution in [0.25, 0.3) is 0 Å². The molecule has 26 heavy (non-hydrogen) atoms. The minimum atomic E-state index is -0.320. The molecule has 136 valence electrons. The van der Waals surface area contributed by atoms with E-state index in [1.807, 2.05) is 18.2 Å². The number of hydrogen-bond acceptors (Lipinski definition) is 5. The number of nitrogens with zero attached hydrogens (tertiary/aromatic N) is 2. The molecule has 0 aliphatic rings. The van der Waals surface area contributed by atoms with E-state index in [9.17, 15) is 9.59 Å². The minimum absolute atomic E-state index is 0.0741. The maximum Gasteiger partial charge on any atom is 0.243 e. The van der Waals surface area contributed by atoms with Gasteiger partial charge in [-0.05, 0) is 40.2 Å². The minimum Gasteiger partial charge on any atom is -0.468 e. The number of nitriles is 1. The van der Waals surface area contributed by atoms with Crippen LogP contribution in [0.15, 0.2) is 51.6 Å². The molecule has 0 saturated heterocycles. The first-order chi connectivity index (χ1) is 12.6. The molecule has 1 aromatic carbocycles. The summed E-state index contributed by atoms with van der Waals surface area (Å²) in [6.45, 7) is 0.802. The fourth-order valence-electron chi connectivity index (χ4n) is 2.24. The van der Waals surface area contributed by atoms with Crippen LogP contribution in [0.3, 0.4) is 0 Å². The van der Waals surface area contributed by atoms with Gasteiger partial charge in [-0.15, -0.1) is 0 Å². The molecule has 0 radical (unpaired) electrons. The van der Waals surface area contributed by atoms with Crippen LogP contribution in [-0.4, -0.2) is 36.3 Å². The summed E-state index contributed by atoms with van der Waals surface area (Å²) in [5.41, 5.74) is 0.639. The zero-order valence-corrected chi connectivity index (χ0v) is 15.7. The van der Waals surface area contributed by atoms with Gasteiger partial charge in [-0.3, -0.25) is 14.5 Å². The molecule has 0 saturated carbocycles. The summed E-state index contributed by atoms with van der Waals surface area (Å²) >= 11 is 3.35. The molecule has 0 aliphatic carbocycles. The summed E-state index contributed by atoms with van der Waals surface area (Å²) in [5, 5.41) is 14.1. The van der Waals surface area contributed by atoms with E-state index < -0.39 is 0 Å². The van der Waals surface area contributed by atoms with Gasteiger partial charge in [-0.25, -0.2) is 0 Å². The van der Waals surface area contributed by atoms with Gasteiger partial charge in [0.15, 0.2) is 0 Å². The Bertz CT molecular complexity index is 771. The van der Waals surface area contributed by atoms with Gasteiger partial charge in [0.05, 0.1) is 37.7 Å². The molecule has 7 nitrogen and oxygen atoms in total. The molecule has 2 rings (SSSR count). The second-order valence-corrected chi connectivity index (χ2v) is 6.36. The van der Waals surface area contributed by atoms with E-state index in [1.54, 1.807) is 29.4 Å². The average Bonchev–Trinajstić information content (AvgIpc) is 3.13. The highest BCUT2D eigenvalue weighted by Crippen LogP contribution is 2.20. The van der Waals surface area contributed by atoms with Gasteiger partial charge in [0.1, 0.15) is 5.76 Å². The third-order valence-electron chi connectivity index (χ3n) is 3.46. The molecule has 0 aliphatic heterocycles. The van der Waals surface area contributed by atoms with Crippen molar-refractivity contribution in [1.82, 2.24) is 10.2 Å². The number of furan rings is 1. The summed E-state index contributed by atoms with van der Waals surface area (Å²) in [6.07, 6.45) is 1.86. The summed E-state index contributed by atoms with van der Waals surface area (Å²) in [4.78, 5) is 25.9. The van der Waals surface area contributed by atoms with Gasteiger partial charge in [0.2, 0.25) is 11.8 Å². The summed E-state index contributed by atoms with van der Waals surface area (Å²) in [7, 11) is 0. The number of amides is 2. The molecule has 2 aromatic rings. The first-order valence-electron chi connectivity index (χ1n) is 8.01. The molecule has 1 heterocycles. The van der Waals surface area contributed by atoms with Crippen LogP contribution < -0.4 is 10.6 Å². The molecule has 0 unspecified atom stereocenters. The Morgan fingerprint density at radius 3 is 2.69 bits per heavy atom. The fourth-order valence-corrected chi connectivity index (χ4v) is 2.62. The van der Waals surface area contributed by atoms with Crippen LogP contribution >= 0.6 is 15.9 Å². The molecule has 1 aromatic heterocycles. The standard InChI is InChI=1S/C18H19BrN4O3/c19-15-6-1-2-7-16(15)22-17(24)11-21-18(25)13-23(9-4-8-20)12-14-5-3-10-26-14/h1-3,5-7,10H,4,9,11-13H2,(H,21,25)(H,22,24). The maximum absolute atomic E-state index is 12.1. The fraction of sp³-hybridized carbons (Fsp3) is 0.278. The maximum atomic E-state index is 12.1. The first-order valence-corrected chi connectivity index (χ1v) is 8.80. The van der Waals surface area contributed by atoms with Crippen LogP contribution in [0.4, 0.5) is 5.69 Å². The lowest BCUT2D eigenvalue weighted by Crippen LogP contribution is -2.40. The first kappa shape index (κ1) is 19.7. The average molecular weight is 419 g/mol. The summed E-state index contributed by atoms with van der Waals surface area (Å²) in [5.74, 6) is 0.0963. The molecule has 2 N–H and O–H groups in total. The Labute approximate surface area is 160 Å². The summed E-state index contributed by atoms with van der Waals surface area (Å²) < 4.78 is 6.04. The van der Waals surface area contributed by atoms with E-state index in [4.69, 9.17) is 9.68 Å². The number of rotatable bonds is 9. The van der Waals surface area contributed by atoms with Crippen molar-refractivity contribution in [3.8, 4) is 6.07 Å². The zero-order chi connectivity index (χ0) is 18.8. The highest BCUT2D eigenvalue weighted by Gasteiger charge is 2.14. The number of halogens is 1. The van der Waals surface area contributed by atoms with E-state index in [0.717, 1.165) is 4.47 Å². The van der Waals surface area contributed by atoms with Crippen molar-refractivity contribution in [2.45, 2.75) is 13.0 Å². The lowest BCUT2D eigenvalue weighted by Gasteiger charge is -2.19. The van der Waals surface area contributed by atoms with E-state index in [0.29, 0.717) is 31.0 Å². The molecular formula is C18H19BrN4O3. The van der Waals surface area contributed by atoms with Crippen molar-refractivity contribution in [3.05, 3.63) is 52.9 Å². The Kier molecular flexibility index (Phi) is 7.86. The highest BCUT2D eigenvalue weighted by molar-refractivity contribution is 9.10. The van der Waals surface area contributed by atoms with Crippen molar-refractivity contribution in [2.24, 2.45) is 0 Å². The lowest BCUT2D eigenvalue weighted by atomic mass is 10.3. The second-order valence-electron chi connectivity index (χ2n) is 5.50. The zero-order valence-electron chi connectivity index (χ0n) is 14.1. The molecule has 0 atom stereocenters. The van der Waals surface area contributed by atoms with E-state index >= 15 is 0 Å². The van der Waals surface area contributed by atoms with Crippen LogP contribution in [0.5, 0.6) is 0 Å². The number of anilines is 1. The normalized spacial score (nSPS) is 10.3. The van der Waals surface area contributed by atoms with E-state index in [1.165, 1.54) is 0 Å². The van der Waals surface area contributed by atoms with Gasteiger partial charge < -0.3 is 15.1 Å². The molecule has 2 amide bonds. The molecule has 0 bridgehead atoms. The van der Waals surface area contributed by atoms with Crippen LogP contribution in [0.2, 0.25) is 0 Å². The van der Waals surface area contributed by atoms with Crippen molar-refractivity contribution in [2.75, 3.05) is 25.0 Å². The lowest BCUT2D eigenvalue weighted by molar-refractivity contribution is -0.125. The predicted octanol–water partition coefficient (Wildman–Crippen LogP) is 2.51. The number of hydrogen-bond donors (Lipinski definition) is 2. The van der Waals surface area contributed by atoms with Gasteiger partial charge in [-0.2, -0.15) is 5.26 Å². The monoisotopic (exact) mass is 418 g/mol. The van der Waals surface area contributed by atoms with Crippen LogP contribution in [-0.2, 0) is 16.1 Å². The quantitative estimate of drug-likeness (QED) is 0.651. The smallest absolute Gasteiger partial charge is 0.243 e. The van der Waals surface area contributed by atoms with Crippen molar-refractivity contribution in [1.29, 1.82) is 5.26 Å². The van der Waals surface area contributed by atoms with Crippen molar-refractivity contribution in [3.63, 3.8) is 0 Å². The predicted molar refractivity (Wildman–Crippen MR) is 100.0 cm³/mol. The van der Waals surface area contributed by atoms with Gasteiger partial charge >= 0.3 is 0 Å². The third kappa shape index (κ3) is 6.70. The van der Waals surface area contributed by atoms with E-state index in [-0.39, 0.29) is 24.9 Å². The topological polar surface area (TPSA) is 98.4 Å². The number of benzene rings is 1. The SMILES string of the molecule is N#CCCN(CC(=O)NCC(=O)Nc1ccccc1Br)Cc1ccco1. The largest absolute Gasteiger partial charge is 0.468 e. The van der Waals surface area contributed by atoms with Gasteiger partial charge in [0.25, 0.3) is 0 Å². The van der Waals surface area contributed by atoms with Crippen molar-refractivity contribution >= 4 is 33.4 Å². The number of carbonyl (C=O) groups excluding carboxylic acids is 2. The molecular weight excluding hydrogens is 400 g/mol. The van der Waals surface area contributed by atoms with Gasteiger partial charge in [0, 0.05) is 17.4 Å². The molecule has 8 heteroatoms.